The predicted octanol–water partition coefficient (Wildman–Crippen LogP) is 5.48. The molecule has 7 nitrogen and oxygen atoms in total. The molecule has 0 aromatic heterocycles. The minimum Gasteiger partial charge on any atom is -0.496 e. The lowest BCUT2D eigenvalue weighted by Crippen LogP contribution is -2.49. The van der Waals surface area contributed by atoms with Gasteiger partial charge in [0.05, 0.1) is 52.9 Å². The lowest BCUT2D eigenvalue weighted by Gasteiger charge is -2.36. The number of fused-ring (bicyclic) bond motifs is 1. The Hall–Kier alpha value is -3.62. The zero-order chi connectivity index (χ0) is 28.4. The van der Waals surface area contributed by atoms with Crippen LogP contribution in [0.3, 0.4) is 0 Å². The van der Waals surface area contributed by atoms with Crippen molar-refractivity contribution in [2.75, 3.05) is 40.5 Å². The van der Waals surface area contributed by atoms with E-state index in [0.717, 1.165) is 51.1 Å². The van der Waals surface area contributed by atoms with Crippen molar-refractivity contribution >= 4 is 10.8 Å². The Bertz CT molecular complexity index is 1390. The zero-order valence-corrected chi connectivity index (χ0v) is 23.8. The Morgan fingerprint density at radius 1 is 0.805 bits per heavy atom. The Morgan fingerprint density at radius 3 is 2.41 bits per heavy atom. The highest BCUT2D eigenvalue weighted by Crippen LogP contribution is 2.32. The SMILES string of the molecule is COc1ccccc1COCCCOc1ccc([C@H]2[C@H](O)CNC[C@@H]2OCc2cc(OC)c3ccccc3c2)cc1. The van der Waals surface area contributed by atoms with Crippen LogP contribution in [0.25, 0.3) is 10.8 Å². The molecule has 4 aromatic rings. The van der Waals surface area contributed by atoms with Crippen molar-refractivity contribution in [1.82, 2.24) is 5.32 Å². The van der Waals surface area contributed by atoms with Gasteiger partial charge in [0.15, 0.2) is 0 Å². The smallest absolute Gasteiger partial charge is 0.127 e. The summed E-state index contributed by atoms with van der Waals surface area (Å²) in [6.45, 7) is 3.29. The minimum absolute atomic E-state index is 0.143. The number of aliphatic hydroxyl groups is 1. The number of hydrogen-bond donors (Lipinski definition) is 2. The van der Waals surface area contributed by atoms with E-state index < -0.39 is 6.10 Å². The summed E-state index contributed by atoms with van der Waals surface area (Å²) >= 11 is 0. The van der Waals surface area contributed by atoms with Gasteiger partial charge >= 0.3 is 0 Å². The number of β-amino-alcohol motifs (C(OH)–C–C–N with tert-alkyl or cyclic N) is 1. The van der Waals surface area contributed by atoms with Gasteiger partial charge < -0.3 is 34.1 Å². The molecule has 0 spiro atoms. The third kappa shape index (κ3) is 7.37. The summed E-state index contributed by atoms with van der Waals surface area (Å²) in [5, 5.41) is 16.4. The molecule has 1 heterocycles. The van der Waals surface area contributed by atoms with Crippen LogP contribution in [0.4, 0.5) is 0 Å². The summed E-state index contributed by atoms with van der Waals surface area (Å²) < 4.78 is 29.1. The van der Waals surface area contributed by atoms with Crippen LogP contribution >= 0.6 is 0 Å². The molecule has 1 aliphatic heterocycles. The molecule has 0 bridgehead atoms. The third-order valence-corrected chi connectivity index (χ3v) is 7.50. The lowest BCUT2D eigenvalue weighted by atomic mass is 9.85. The van der Waals surface area contributed by atoms with Gasteiger partial charge in [-0.1, -0.05) is 54.6 Å². The summed E-state index contributed by atoms with van der Waals surface area (Å²) in [7, 11) is 3.36. The Balaban J connectivity index is 1.13. The van der Waals surface area contributed by atoms with Gasteiger partial charge in [0.2, 0.25) is 0 Å². The molecule has 5 rings (SSSR count). The Kier molecular flexibility index (Phi) is 10.1. The van der Waals surface area contributed by atoms with Gasteiger partial charge in [-0.05, 0) is 46.8 Å². The lowest BCUT2D eigenvalue weighted by molar-refractivity contribution is -0.0328. The molecule has 4 aromatic carbocycles. The highest BCUT2D eigenvalue weighted by atomic mass is 16.5. The second-order valence-corrected chi connectivity index (χ2v) is 10.3. The highest BCUT2D eigenvalue weighted by molar-refractivity contribution is 5.89. The maximum absolute atomic E-state index is 10.9. The molecule has 0 radical (unpaired) electrons. The average Bonchev–Trinajstić information content (AvgIpc) is 3.02. The summed E-state index contributed by atoms with van der Waals surface area (Å²) in [5.74, 6) is 2.32. The largest absolute Gasteiger partial charge is 0.496 e. The van der Waals surface area contributed by atoms with E-state index in [1.807, 2.05) is 66.7 Å². The molecular weight excluding hydrogens is 518 g/mol. The topological polar surface area (TPSA) is 78.4 Å². The molecule has 1 aliphatic rings. The maximum atomic E-state index is 10.9. The van der Waals surface area contributed by atoms with E-state index in [2.05, 4.69) is 23.5 Å². The second-order valence-electron chi connectivity index (χ2n) is 10.3. The summed E-state index contributed by atoms with van der Waals surface area (Å²) in [4.78, 5) is 0. The molecule has 1 saturated heterocycles. The van der Waals surface area contributed by atoms with Crippen LogP contribution in [0, 0.1) is 0 Å². The molecule has 41 heavy (non-hydrogen) atoms. The molecule has 7 heteroatoms. The van der Waals surface area contributed by atoms with Crippen LogP contribution in [0.2, 0.25) is 0 Å². The number of aliphatic hydroxyl groups excluding tert-OH is 1. The molecule has 0 aliphatic carbocycles. The monoisotopic (exact) mass is 557 g/mol. The molecule has 2 N–H and O–H groups in total. The van der Waals surface area contributed by atoms with E-state index in [9.17, 15) is 5.11 Å². The first-order valence-electron chi connectivity index (χ1n) is 14.1. The number of hydrogen-bond acceptors (Lipinski definition) is 7. The van der Waals surface area contributed by atoms with Gasteiger partial charge in [-0.25, -0.2) is 0 Å². The number of para-hydroxylation sites is 1. The number of nitrogens with one attached hydrogen (secondary N) is 1. The molecular formula is C34H39NO6. The van der Waals surface area contributed by atoms with Crippen molar-refractivity contribution in [2.24, 2.45) is 0 Å². The normalized spacial score (nSPS) is 18.8. The molecule has 0 unspecified atom stereocenters. The fraction of sp³-hybridized carbons (Fsp3) is 0.353. The molecule has 0 saturated carbocycles. The summed E-state index contributed by atoms with van der Waals surface area (Å²) in [6.07, 6.45) is 0.0507. The van der Waals surface area contributed by atoms with E-state index in [4.69, 9.17) is 23.7 Å². The fourth-order valence-corrected chi connectivity index (χ4v) is 5.41. The number of ether oxygens (including phenoxy) is 5. The zero-order valence-electron chi connectivity index (χ0n) is 23.8. The molecule has 216 valence electrons. The van der Waals surface area contributed by atoms with E-state index in [1.54, 1.807) is 14.2 Å². The number of benzene rings is 4. The van der Waals surface area contributed by atoms with Crippen molar-refractivity contribution in [3.8, 4) is 17.2 Å². The van der Waals surface area contributed by atoms with E-state index in [-0.39, 0.29) is 12.0 Å². The number of piperidine rings is 1. The molecule has 0 amide bonds. The van der Waals surface area contributed by atoms with E-state index in [1.165, 1.54) is 0 Å². The first kappa shape index (κ1) is 28.9. The van der Waals surface area contributed by atoms with Crippen molar-refractivity contribution in [3.63, 3.8) is 0 Å². The molecule has 1 fully saturated rings. The van der Waals surface area contributed by atoms with Crippen molar-refractivity contribution in [1.29, 1.82) is 0 Å². The third-order valence-electron chi connectivity index (χ3n) is 7.50. The van der Waals surface area contributed by atoms with Gasteiger partial charge in [-0.2, -0.15) is 0 Å². The van der Waals surface area contributed by atoms with Gasteiger partial charge in [0.25, 0.3) is 0 Å². The van der Waals surface area contributed by atoms with Crippen molar-refractivity contribution in [2.45, 2.75) is 37.8 Å². The first-order valence-corrected chi connectivity index (χ1v) is 14.1. The van der Waals surface area contributed by atoms with Crippen LogP contribution in [-0.2, 0) is 22.7 Å². The Morgan fingerprint density at radius 2 is 1.59 bits per heavy atom. The van der Waals surface area contributed by atoms with Crippen LogP contribution in [0.1, 0.15) is 29.0 Å². The van der Waals surface area contributed by atoms with Gasteiger partial charge in [-0.15, -0.1) is 0 Å². The molecule has 3 atom stereocenters. The fourth-order valence-electron chi connectivity index (χ4n) is 5.41. The van der Waals surface area contributed by atoms with Crippen LogP contribution < -0.4 is 19.5 Å². The van der Waals surface area contributed by atoms with Crippen LogP contribution in [0.5, 0.6) is 17.2 Å². The van der Waals surface area contributed by atoms with Crippen LogP contribution in [0.15, 0.2) is 84.9 Å². The van der Waals surface area contributed by atoms with Crippen LogP contribution in [-0.4, -0.2) is 57.8 Å². The van der Waals surface area contributed by atoms with E-state index >= 15 is 0 Å². The predicted molar refractivity (Wildman–Crippen MR) is 160 cm³/mol. The highest BCUT2D eigenvalue weighted by Gasteiger charge is 2.34. The first-order chi connectivity index (χ1) is 20.2. The maximum Gasteiger partial charge on any atom is 0.127 e. The second kappa shape index (κ2) is 14.3. The summed E-state index contributed by atoms with van der Waals surface area (Å²) in [5.41, 5.74) is 3.11. The van der Waals surface area contributed by atoms with Gasteiger partial charge in [0, 0.05) is 36.4 Å². The number of methoxy groups -OCH3 is 2. The quantitative estimate of drug-likeness (QED) is 0.211. The minimum atomic E-state index is -0.549. The van der Waals surface area contributed by atoms with Crippen molar-refractivity contribution in [3.05, 3.63) is 102 Å². The summed E-state index contributed by atoms with van der Waals surface area (Å²) in [6, 6.07) is 28.2. The van der Waals surface area contributed by atoms with E-state index in [0.29, 0.717) is 39.5 Å². The Labute approximate surface area is 242 Å². The average molecular weight is 558 g/mol. The standard InChI is InChI=1S/C34H39NO6/c1-37-31-11-6-4-9-27(31)23-39-16-7-17-40-28-14-12-25(13-15-28)34-30(36)20-35-21-33(34)41-22-24-18-26-8-3-5-10-29(26)32(19-24)38-2/h3-6,8-15,18-19,30,33-36H,7,16-17,20-23H2,1-2H3/t30-,33+,34+/m1/s1. The van der Waals surface area contributed by atoms with Crippen molar-refractivity contribution < 1.29 is 28.8 Å². The van der Waals surface area contributed by atoms with Gasteiger partial charge in [-0.3, -0.25) is 0 Å². The number of rotatable bonds is 13. The van der Waals surface area contributed by atoms with Gasteiger partial charge in [0.1, 0.15) is 17.2 Å².